The maximum atomic E-state index is 5.88. The van der Waals surface area contributed by atoms with Crippen molar-refractivity contribution in [2.75, 3.05) is 11.5 Å². The molecule has 2 N–H and O–H groups in total. The summed E-state index contributed by atoms with van der Waals surface area (Å²) in [5, 5.41) is 5.30. The highest BCUT2D eigenvalue weighted by Crippen LogP contribution is 2.21. The van der Waals surface area contributed by atoms with Crippen LogP contribution in [0.5, 0.6) is 0 Å². The molecule has 2 heterocycles. The molecule has 0 unspecified atom stereocenters. The van der Waals surface area contributed by atoms with Crippen LogP contribution in [0, 0.1) is 0 Å². The highest BCUT2D eigenvalue weighted by Gasteiger charge is 2.07. The van der Waals surface area contributed by atoms with Crippen LogP contribution in [0.1, 0.15) is 6.92 Å². The number of hydrogen-bond acceptors (Lipinski definition) is 4. The molecule has 84 valence electrons. The zero-order valence-electron chi connectivity index (χ0n) is 8.72. The van der Waals surface area contributed by atoms with E-state index in [0.29, 0.717) is 5.82 Å². The van der Waals surface area contributed by atoms with Crippen molar-refractivity contribution in [1.82, 2.24) is 14.8 Å². The number of pyridine rings is 1. The molecule has 0 saturated carbocycles. The first-order valence-corrected chi connectivity index (χ1v) is 6.59. The number of nitrogens with zero attached hydrogens (tertiary/aromatic N) is 3. The van der Waals surface area contributed by atoms with Crippen LogP contribution in [0.3, 0.4) is 0 Å². The van der Waals surface area contributed by atoms with Gasteiger partial charge in [-0.2, -0.15) is 9.78 Å². The van der Waals surface area contributed by atoms with Gasteiger partial charge < -0.3 is 5.73 Å². The molecule has 0 aromatic carbocycles. The zero-order valence-corrected chi connectivity index (χ0v) is 11.1. The average Bonchev–Trinajstić information content (AvgIpc) is 2.61. The van der Waals surface area contributed by atoms with Crippen LogP contribution in [0.2, 0.25) is 0 Å². The number of halogens is 1. The molecule has 2 aromatic rings. The fourth-order valence-electron chi connectivity index (χ4n) is 1.27. The van der Waals surface area contributed by atoms with E-state index in [1.165, 1.54) is 0 Å². The summed E-state index contributed by atoms with van der Waals surface area (Å²) in [6.45, 7) is 2.08. The van der Waals surface area contributed by atoms with E-state index < -0.39 is 0 Å². The molecule has 2 aromatic heterocycles. The number of rotatable bonds is 3. The highest BCUT2D eigenvalue weighted by atomic mass is 79.9. The predicted octanol–water partition coefficient (Wildman–Crippen LogP) is 2.72. The molecule has 0 radical (unpaired) electrons. The minimum atomic E-state index is 0.603. The first kappa shape index (κ1) is 11.5. The van der Waals surface area contributed by atoms with Crippen LogP contribution in [-0.4, -0.2) is 20.5 Å². The largest absolute Gasteiger partial charge is 0.383 e. The SMILES string of the molecule is CCSc1cc(N)n(-c2ccc(Br)cn2)n1. The Morgan fingerprint density at radius 2 is 2.31 bits per heavy atom. The van der Waals surface area contributed by atoms with Gasteiger partial charge in [-0.1, -0.05) is 6.92 Å². The van der Waals surface area contributed by atoms with Crippen molar-refractivity contribution >= 4 is 33.5 Å². The molecule has 0 bridgehead atoms. The zero-order chi connectivity index (χ0) is 11.5. The van der Waals surface area contributed by atoms with Gasteiger partial charge in [0.05, 0.1) is 0 Å². The standard InChI is InChI=1S/C10H11BrN4S/c1-2-16-10-5-8(12)15(14-10)9-4-3-7(11)6-13-9/h3-6H,2,12H2,1H3. The van der Waals surface area contributed by atoms with Gasteiger partial charge in [0.15, 0.2) is 5.82 Å². The van der Waals surface area contributed by atoms with Gasteiger partial charge in [-0.25, -0.2) is 4.98 Å². The van der Waals surface area contributed by atoms with Crippen LogP contribution < -0.4 is 5.73 Å². The van der Waals surface area contributed by atoms with Gasteiger partial charge in [0.1, 0.15) is 10.8 Å². The Hall–Kier alpha value is -1.01. The summed E-state index contributed by atoms with van der Waals surface area (Å²) in [7, 11) is 0. The summed E-state index contributed by atoms with van der Waals surface area (Å²) >= 11 is 5.00. The number of anilines is 1. The van der Waals surface area contributed by atoms with Crippen molar-refractivity contribution in [3.63, 3.8) is 0 Å². The summed E-state index contributed by atoms with van der Waals surface area (Å²) in [4.78, 5) is 4.25. The summed E-state index contributed by atoms with van der Waals surface area (Å²) in [5.41, 5.74) is 5.88. The number of aromatic nitrogens is 3. The minimum Gasteiger partial charge on any atom is -0.383 e. The van der Waals surface area contributed by atoms with Crippen molar-refractivity contribution in [3.05, 3.63) is 28.9 Å². The lowest BCUT2D eigenvalue weighted by Gasteiger charge is -2.01. The Labute approximate surface area is 106 Å². The second kappa shape index (κ2) is 4.88. The van der Waals surface area contributed by atoms with E-state index in [-0.39, 0.29) is 0 Å². The number of hydrogen-bond donors (Lipinski definition) is 1. The Balaban J connectivity index is 2.36. The van der Waals surface area contributed by atoms with Crippen LogP contribution in [0.4, 0.5) is 5.82 Å². The summed E-state index contributed by atoms with van der Waals surface area (Å²) in [6.07, 6.45) is 1.73. The van der Waals surface area contributed by atoms with E-state index in [4.69, 9.17) is 5.73 Å². The van der Waals surface area contributed by atoms with E-state index in [2.05, 4.69) is 32.9 Å². The second-order valence-electron chi connectivity index (χ2n) is 3.09. The minimum absolute atomic E-state index is 0.603. The second-order valence-corrected chi connectivity index (χ2v) is 5.29. The maximum absolute atomic E-state index is 5.88. The first-order valence-electron chi connectivity index (χ1n) is 4.81. The topological polar surface area (TPSA) is 56.7 Å². The average molecular weight is 299 g/mol. The molecular formula is C10H11BrN4S. The molecule has 0 fully saturated rings. The molecule has 4 nitrogen and oxygen atoms in total. The van der Waals surface area contributed by atoms with Gasteiger partial charge in [-0.05, 0) is 33.8 Å². The van der Waals surface area contributed by atoms with Crippen molar-refractivity contribution in [2.45, 2.75) is 11.9 Å². The van der Waals surface area contributed by atoms with Gasteiger partial charge in [-0.3, -0.25) is 0 Å². The lowest BCUT2D eigenvalue weighted by Crippen LogP contribution is -2.03. The monoisotopic (exact) mass is 298 g/mol. The van der Waals surface area contributed by atoms with Crippen molar-refractivity contribution in [3.8, 4) is 5.82 Å². The number of nitrogen functional groups attached to an aromatic ring is 1. The lowest BCUT2D eigenvalue weighted by atomic mass is 10.4. The van der Waals surface area contributed by atoms with Gasteiger partial charge in [0, 0.05) is 16.7 Å². The van der Waals surface area contributed by atoms with E-state index >= 15 is 0 Å². The molecule has 16 heavy (non-hydrogen) atoms. The molecule has 0 aliphatic heterocycles. The molecule has 0 atom stereocenters. The fraction of sp³-hybridized carbons (Fsp3) is 0.200. The smallest absolute Gasteiger partial charge is 0.155 e. The molecule has 6 heteroatoms. The molecule has 0 amide bonds. The molecule has 2 rings (SSSR count). The Morgan fingerprint density at radius 3 is 2.94 bits per heavy atom. The third kappa shape index (κ3) is 2.38. The summed E-state index contributed by atoms with van der Waals surface area (Å²) in [5.74, 6) is 2.30. The molecule has 0 spiro atoms. The van der Waals surface area contributed by atoms with Gasteiger partial charge in [0.2, 0.25) is 0 Å². The number of nitrogens with two attached hydrogens (primary N) is 1. The Morgan fingerprint density at radius 1 is 1.50 bits per heavy atom. The van der Waals surface area contributed by atoms with Crippen LogP contribution in [0.15, 0.2) is 33.9 Å². The maximum Gasteiger partial charge on any atom is 0.155 e. The Bertz CT molecular complexity index is 480. The third-order valence-electron chi connectivity index (χ3n) is 1.94. The van der Waals surface area contributed by atoms with E-state index in [1.54, 1.807) is 22.6 Å². The molecule has 0 saturated heterocycles. The lowest BCUT2D eigenvalue weighted by molar-refractivity contribution is 0.818. The van der Waals surface area contributed by atoms with Crippen LogP contribution in [0.25, 0.3) is 5.82 Å². The summed E-state index contributed by atoms with van der Waals surface area (Å²) in [6, 6.07) is 5.64. The van der Waals surface area contributed by atoms with E-state index in [9.17, 15) is 0 Å². The van der Waals surface area contributed by atoms with Gasteiger partial charge in [-0.15, -0.1) is 11.8 Å². The van der Waals surface area contributed by atoms with Crippen molar-refractivity contribution in [2.24, 2.45) is 0 Å². The summed E-state index contributed by atoms with van der Waals surface area (Å²) < 4.78 is 2.58. The molecule has 0 aliphatic rings. The van der Waals surface area contributed by atoms with Gasteiger partial charge in [0.25, 0.3) is 0 Å². The predicted molar refractivity (Wildman–Crippen MR) is 69.9 cm³/mol. The van der Waals surface area contributed by atoms with Crippen LogP contribution in [-0.2, 0) is 0 Å². The molecule has 0 aliphatic carbocycles. The highest BCUT2D eigenvalue weighted by molar-refractivity contribution is 9.10. The Kier molecular flexibility index (Phi) is 3.50. The normalized spacial score (nSPS) is 10.6. The van der Waals surface area contributed by atoms with Gasteiger partial charge >= 0.3 is 0 Å². The fourth-order valence-corrected chi connectivity index (χ4v) is 2.14. The quantitative estimate of drug-likeness (QED) is 0.885. The van der Waals surface area contributed by atoms with Crippen molar-refractivity contribution < 1.29 is 0 Å². The number of thioether (sulfide) groups is 1. The van der Waals surface area contributed by atoms with E-state index in [1.807, 2.05) is 18.2 Å². The van der Waals surface area contributed by atoms with Crippen molar-refractivity contribution in [1.29, 1.82) is 0 Å². The first-order chi connectivity index (χ1) is 7.70. The van der Waals surface area contributed by atoms with Crippen LogP contribution >= 0.6 is 27.7 Å². The molecular weight excluding hydrogens is 288 g/mol. The third-order valence-corrected chi connectivity index (χ3v) is 3.19. The van der Waals surface area contributed by atoms with E-state index in [0.717, 1.165) is 21.1 Å².